The van der Waals surface area contributed by atoms with Gasteiger partial charge in [0.15, 0.2) is 0 Å². The summed E-state index contributed by atoms with van der Waals surface area (Å²) in [5, 5.41) is 8.72. The van der Waals surface area contributed by atoms with Crippen molar-refractivity contribution < 1.29 is 14.7 Å². The lowest BCUT2D eigenvalue weighted by atomic mass is 9.87. The van der Waals surface area contributed by atoms with Crippen molar-refractivity contribution in [3.63, 3.8) is 0 Å². The second-order valence-electron chi connectivity index (χ2n) is 5.43. The highest BCUT2D eigenvalue weighted by Gasteiger charge is 2.35. The average molecular weight is 242 g/mol. The molecule has 1 saturated heterocycles. The van der Waals surface area contributed by atoms with E-state index in [1.54, 1.807) is 4.90 Å². The summed E-state index contributed by atoms with van der Waals surface area (Å²) >= 11 is 0. The van der Waals surface area contributed by atoms with Gasteiger partial charge in [-0.2, -0.15) is 0 Å². The van der Waals surface area contributed by atoms with Crippen molar-refractivity contribution in [2.75, 3.05) is 19.6 Å². The van der Waals surface area contributed by atoms with E-state index in [2.05, 4.69) is 0 Å². The molecule has 0 aromatic carbocycles. The Bertz CT molecular complexity index is 302. The monoisotopic (exact) mass is 242 g/mol. The average Bonchev–Trinajstić information content (AvgIpc) is 2.63. The Kier molecular flexibility index (Phi) is 4.51. The summed E-state index contributed by atoms with van der Waals surface area (Å²) in [6.07, 6.45) is 1.60. The zero-order chi connectivity index (χ0) is 13.1. The van der Waals surface area contributed by atoms with Gasteiger partial charge in [-0.1, -0.05) is 13.8 Å². The maximum absolute atomic E-state index is 12.2. The van der Waals surface area contributed by atoms with Gasteiger partial charge in [-0.25, -0.2) is 0 Å². The van der Waals surface area contributed by atoms with E-state index in [9.17, 15) is 9.59 Å². The molecule has 0 saturated carbocycles. The molecule has 0 spiro atoms. The van der Waals surface area contributed by atoms with Crippen molar-refractivity contribution in [2.24, 2.45) is 17.1 Å². The van der Waals surface area contributed by atoms with Gasteiger partial charge in [-0.05, 0) is 25.3 Å². The number of hydrogen-bond donors (Lipinski definition) is 2. The van der Waals surface area contributed by atoms with Gasteiger partial charge < -0.3 is 15.7 Å². The topological polar surface area (TPSA) is 83.6 Å². The van der Waals surface area contributed by atoms with Crippen molar-refractivity contribution in [1.82, 2.24) is 4.90 Å². The van der Waals surface area contributed by atoms with Crippen LogP contribution in [0.3, 0.4) is 0 Å². The Hall–Kier alpha value is -1.10. The van der Waals surface area contributed by atoms with Crippen molar-refractivity contribution >= 4 is 11.9 Å². The maximum Gasteiger partial charge on any atom is 0.303 e. The summed E-state index contributed by atoms with van der Waals surface area (Å²) in [4.78, 5) is 24.6. The zero-order valence-electron chi connectivity index (χ0n) is 10.6. The lowest BCUT2D eigenvalue weighted by Gasteiger charge is -2.28. The molecule has 1 amide bonds. The summed E-state index contributed by atoms with van der Waals surface area (Å²) in [7, 11) is 0. The first-order valence-electron chi connectivity index (χ1n) is 6.08. The number of carboxylic acids is 1. The third kappa shape index (κ3) is 3.70. The second-order valence-corrected chi connectivity index (χ2v) is 5.43. The summed E-state index contributed by atoms with van der Waals surface area (Å²) in [5.74, 6) is -0.591. The summed E-state index contributed by atoms with van der Waals surface area (Å²) in [6, 6.07) is 0. The quantitative estimate of drug-likeness (QED) is 0.742. The van der Waals surface area contributed by atoms with Crippen LogP contribution >= 0.6 is 0 Å². The predicted octanol–water partition coefficient (Wildman–Crippen LogP) is 0.685. The number of nitrogens with two attached hydrogens (primary N) is 1. The summed E-state index contributed by atoms with van der Waals surface area (Å²) < 4.78 is 0. The van der Waals surface area contributed by atoms with Gasteiger partial charge in [-0.15, -0.1) is 0 Å². The van der Waals surface area contributed by atoms with Crippen LogP contribution in [-0.2, 0) is 9.59 Å². The first kappa shape index (κ1) is 14.0. The van der Waals surface area contributed by atoms with Gasteiger partial charge >= 0.3 is 5.97 Å². The number of likely N-dealkylation sites (tertiary alicyclic amines) is 1. The molecule has 5 heteroatoms. The van der Waals surface area contributed by atoms with Crippen LogP contribution in [0.25, 0.3) is 0 Å². The van der Waals surface area contributed by atoms with Crippen LogP contribution in [0.1, 0.15) is 33.1 Å². The fraction of sp³-hybridized carbons (Fsp3) is 0.833. The number of aliphatic carboxylic acids is 1. The van der Waals surface area contributed by atoms with Crippen LogP contribution in [0.15, 0.2) is 0 Å². The zero-order valence-corrected chi connectivity index (χ0v) is 10.6. The van der Waals surface area contributed by atoms with E-state index in [0.717, 1.165) is 6.42 Å². The van der Waals surface area contributed by atoms with Crippen molar-refractivity contribution in [3.05, 3.63) is 0 Å². The number of carbonyl (C=O) groups is 2. The number of hydrogen-bond acceptors (Lipinski definition) is 3. The van der Waals surface area contributed by atoms with Crippen LogP contribution in [0, 0.1) is 11.3 Å². The van der Waals surface area contributed by atoms with E-state index in [0.29, 0.717) is 26.1 Å². The molecule has 3 N–H and O–H groups in total. The number of amides is 1. The molecule has 1 rings (SSSR count). The maximum atomic E-state index is 12.2. The lowest BCUT2D eigenvalue weighted by molar-refractivity contribution is -0.141. The minimum absolute atomic E-state index is 0.0934. The minimum Gasteiger partial charge on any atom is -0.481 e. The van der Waals surface area contributed by atoms with Gasteiger partial charge in [-0.3, -0.25) is 9.59 Å². The molecule has 98 valence electrons. The molecule has 1 heterocycles. The summed E-state index contributed by atoms with van der Waals surface area (Å²) in [5.41, 5.74) is 5.06. The van der Waals surface area contributed by atoms with Gasteiger partial charge in [0.2, 0.25) is 5.91 Å². The molecule has 1 aliphatic heterocycles. The van der Waals surface area contributed by atoms with Crippen molar-refractivity contribution in [3.8, 4) is 0 Å². The number of nitrogens with zero attached hydrogens (tertiary/aromatic N) is 1. The van der Waals surface area contributed by atoms with Gasteiger partial charge in [0.25, 0.3) is 0 Å². The first-order chi connectivity index (χ1) is 7.86. The van der Waals surface area contributed by atoms with E-state index >= 15 is 0 Å². The molecule has 0 aromatic rings. The number of rotatable bonds is 5. The Labute approximate surface area is 102 Å². The number of carboxylic acid groups (broad SMARTS) is 1. The molecule has 1 aliphatic rings. The van der Waals surface area contributed by atoms with Crippen molar-refractivity contribution in [2.45, 2.75) is 33.1 Å². The smallest absolute Gasteiger partial charge is 0.303 e. The Morgan fingerprint density at radius 3 is 2.65 bits per heavy atom. The minimum atomic E-state index is -0.787. The fourth-order valence-electron chi connectivity index (χ4n) is 2.33. The van der Waals surface area contributed by atoms with Crippen LogP contribution < -0.4 is 5.73 Å². The Morgan fingerprint density at radius 2 is 2.12 bits per heavy atom. The third-order valence-electron chi connectivity index (χ3n) is 3.38. The Balaban J connectivity index is 2.53. The first-order valence-corrected chi connectivity index (χ1v) is 6.08. The molecular formula is C12H22N2O3. The van der Waals surface area contributed by atoms with E-state index in [-0.39, 0.29) is 18.2 Å². The largest absolute Gasteiger partial charge is 0.481 e. The lowest BCUT2D eigenvalue weighted by Crippen LogP contribution is -2.40. The normalized spacial score (nSPS) is 20.6. The highest BCUT2D eigenvalue weighted by atomic mass is 16.4. The highest BCUT2D eigenvalue weighted by molar-refractivity contribution is 5.82. The van der Waals surface area contributed by atoms with Gasteiger partial charge in [0.1, 0.15) is 0 Å². The van der Waals surface area contributed by atoms with Crippen LogP contribution in [-0.4, -0.2) is 41.5 Å². The SMILES string of the molecule is CC(C)(CCN)C(=O)N1CCC(CC(=O)O)C1. The summed E-state index contributed by atoms with van der Waals surface area (Å²) in [6.45, 7) is 5.52. The van der Waals surface area contributed by atoms with E-state index in [1.165, 1.54) is 0 Å². The molecule has 17 heavy (non-hydrogen) atoms. The van der Waals surface area contributed by atoms with Crippen LogP contribution in [0.5, 0.6) is 0 Å². The highest BCUT2D eigenvalue weighted by Crippen LogP contribution is 2.28. The molecule has 0 aromatic heterocycles. The number of carbonyl (C=O) groups excluding carboxylic acids is 1. The van der Waals surface area contributed by atoms with Crippen LogP contribution in [0.4, 0.5) is 0 Å². The Morgan fingerprint density at radius 1 is 1.47 bits per heavy atom. The molecule has 0 radical (unpaired) electrons. The fourth-order valence-corrected chi connectivity index (χ4v) is 2.33. The third-order valence-corrected chi connectivity index (χ3v) is 3.38. The molecular weight excluding hydrogens is 220 g/mol. The molecule has 1 unspecified atom stereocenters. The van der Waals surface area contributed by atoms with Gasteiger partial charge in [0, 0.05) is 24.9 Å². The van der Waals surface area contributed by atoms with Crippen LogP contribution in [0.2, 0.25) is 0 Å². The van der Waals surface area contributed by atoms with E-state index < -0.39 is 11.4 Å². The standard InChI is InChI=1S/C12H22N2O3/c1-12(2,4-5-13)11(17)14-6-3-9(8-14)7-10(15)16/h9H,3-8,13H2,1-2H3,(H,15,16). The second kappa shape index (κ2) is 5.49. The molecule has 0 aliphatic carbocycles. The molecule has 0 bridgehead atoms. The molecule has 1 fully saturated rings. The molecule has 5 nitrogen and oxygen atoms in total. The predicted molar refractivity (Wildman–Crippen MR) is 64.4 cm³/mol. The van der Waals surface area contributed by atoms with E-state index in [4.69, 9.17) is 10.8 Å². The molecule has 1 atom stereocenters. The van der Waals surface area contributed by atoms with Gasteiger partial charge in [0.05, 0.1) is 0 Å². The van der Waals surface area contributed by atoms with E-state index in [1.807, 2.05) is 13.8 Å². The van der Waals surface area contributed by atoms with Crippen molar-refractivity contribution in [1.29, 1.82) is 0 Å².